The summed E-state index contributed by atoms with van der Waals surface area (Å²) in [5.41, 5.74) is 6.92. The molecule has 2 aromatic rings. The first kappa shape index (κ1) is 14.8. The fraction of sp³-hybridized carbons (Fsp3) is 0.188. The van der Waals surface area contributed by atoms with Crippen molar-refractivity contribution in [3.05, 3.63) is 54.3 Å². The quantitative estimate of drug-likeness (QED) is 0.861. The number of ether oxygens (including phenoxy) is 1. The summed E-state index contributed by atoms with van der Waals surface area (Å²) in [6, 6.07) is 12.9. The van der Waals surface area contributed by atoms with E-state index in [1.165, 1.54) is 17.0 Å². The van der Waals surface area contributed by atoms with E-state index in [2.05, 4.69) is 0 Å². The number of hydrogen-bond donors (Lipinski definition) is 1. The van der Waals surface area contributed by atoms with Crippen molar-refractivity contribution in [1.29, 1.82) is 0 Å². The zero-order valence-corrected chi connectivity index (χ0v) is 11.8. The number of amides is 1. The van der Waals surface area contributed by atoms with E-state index in [1.54, 1.807) is 31.3 Å². The number of carbonyl (C=O) groups is 1. The lowest BCUT2D eigenvalue weighted by Crippen LogP contribution is -2.27. The first-order valence-corrected chi connectivity index (χ1v) is 6.57. The molecule has 1 amide bonds. The van der Waals surface area contributed by atoms with Gasteiger partial charge in [-0.25, -0.2) is 4.39 Å². The molecule has 2 aromatic carbocycles. The number of hydrogen-bond acceptors (Lipinski definition) is 3. The van der Waals surface area contributed by atoms with Crippen LogP contribution in [-0.2, 0) is 4.79 Å². The Hall–Kier alpha value is -2.56. The van der Waals surface area contributed by atoms with E-state index < -0.39 is 0 Å². The van der Waals surface area contributed by atoms with Crippen LogP contribution in [0.4, 0.5) is 15.8 Å². The fourth-order valence-corrected chi connectivity index (χ4v) is 1.84. The standard InChI is InChI=1S/C16H17FN2O2/c1-19(13-8-6-12(17)7-9-13)16(20)10-11-21-15-5-3-2-4-14(15)18/h2-9H,10-11,18H2,1H3. The summed E-state index contributed by atoms with van der Waals surface area (Å²) in [6.07, 6.45) is 0.211. The van der Waals surface area contributed by atoms with Crippen LogP contribution in [0.2, 0.25) is 0 Å². The first-order chi connectivity index (χ1) is 10.1. The Morgan fingerprint density at radius 2 is 1.86 bits per heavy atom. The maximum Gasteiger partial charge on any atom is 0.230 e. The summed E-state index contributed by atoms with van der Waals surface area (Å²) in [7, 11) is 1.65. The minimum atomic E-state index is -0.331. The van der Waals surface area contributed by atoms with Crippen molar-refractivity contribution in [3.63, 3.8) is 0 Å². The third-order valence-electron chi connectivity index (χ3n) is 3.08. The minimum absolute atomic E-state index is 0.115. The fourth-order valence-electron chi connectivity index (χ4n) is 1.84. The predicted octanol–water partition coefficient (Wildman–Crippen LogP) is 2.84. The predicted molar refractivity (Wildman–Crippen MR) is 80.8 cm³/mol. The molecular formula is C16H17FN2O2. The molecular weight excluding hydrogens is 271 g/mol. The van der Waals surface area contributed by atoms with E-state index >= 15 is 0 Å². The first-order valence-electron chi connectivity index (χ1n) is 6.57. The number of benzene rings is 2. The van der Waals surface area contributed by atoms with Gasteiger partial charge in [-0.3, -0.25) is 4.79 Å². The zero-order valence-electron chi connectivity index (χ0n) is 11.8. The molecule has 21 heavy (non-hydrogen) atoms. The van der Waals surface area contributed by atoms with Gasteiger partial charge < -0.3 is 15.4 Å². The summed E-state index contributed by atoms with van der Waals surface area (Å²) in [4.78, 5) is 13.5. The molecule has 0 aliphatic carbocycles. The highest BCUT2D eigenvalue weighted by molar-refractivity contribution is 5.92. The highest BCUT2D eigenvalue weighted by Gasteiger charge is 2.11. The van der Waals surface area contributed by atoms with Crippen LogP contribution in [0.5, 0.6) is 5.75 Å². The lowest BCUT2D eigenvalue weighted by Gasteiger charge is -2.17. The molecule has 0 atom stereocenters. The van der Waals surface area contributed by atoms with Gasteiger partial charge in [0.25, 0.3) is 0 Å². The van der Waals surface area contributed by atoms with Gasteiger partial charge in [-0.15, -0.1) is 0 Å². The van der Waals surface area contributed by atoms with Crippen LogP contribution in [0.3, 0.4) is 0 Å². The normalized spacial score (nSPS) is 10.2. The van der Waals surface area contributed by atoms with Crippen LogP contribution in [0.1, 0.15) is 6.42 Å². The molecule has 2 N–H and O–H groups in total. The molecule has 0 saturated heterocycles. The van der Waals surface area contributed by atoms with Crippen molar-refractivity contribution in [2.24, 2.45) is 0 Å². The number of nitrogen functional groups attached to an aromatic ring is 1. The Kier molecular flexibility index (Phi) is 4.77. The van der Waals surface area contributed by atoms with Crippen LogP contribution in [0.15, 0.2) is 48.5 Å². The van der Waals surface area contributed by atoms with E-state index in [9.17, 15) is 9.18 Å². The van der Waals surface area contributed by atoms with E-state index in [-0.39, 0.29) is 24.8 Å². The molecule has 0 aliphatic rings. The highest BCUT2D eigenvalue weighted by atomic mass is 19.1. The average molecular weight is 288 g/mol. The summed E-state index contributed by atoms with van der Waals surface area (Å²) < 4.78 is 18.3. The van der Waals surface area contributed by atoms with E-state index in [4.69, 9.17) is 10.5 Å². The van der Waals surface area contributed by atoms with Crippen LogP contribution in [0.25, 0.3) is 0 Å². The van der Waals surface area contributed by atoms with Gasteiger partial charge in [0.2, 0.25) is 5.91 Å². The number of nitrogens with zero attached hydrogens (tertiary/aromatic N) is 1. The van der Waals surface area contributed by atoms with Crippen molar-refractivity contribution in [1.82, 2.24) is 0 Å². The van der Waals surface area contributed by atoms with Crippen molar-refractivity contribution in [3.8, 4) is 5.75 Å². The molecule has 5 heteroatoms. The maximum atomic E-state index is 12.8. The Bertz CT molecular complexity index is 614. The molecule has 0 fully saturated rings. The largest absolute Gasteiger partial charge is 0.491 e. The number of rotatable bonds is 5. The van der Waals surface area contributed by atoms with Crippen molar-refractivity contribution in [2.45, 2.75) is 6.42 Å². The topological polar surface area (TPSA) is 55.6 Å². The van der Waals surface area contributed by atoms with Gasteiger partial charge in [0.05, 0.1) is 18.7 Å². The van der Waals surface area contributed by atoms with Gasteiger partial charge in [0.1, 0.15) is 11.6 Å². The molecule has 4 nitrogen and oxygen atoms in total. The van der Waals surface area contributed by atoms with Gasteiger partial charge in [-0.05, 0) is 36.4 Å². The molecule has 110 valence electrons. The molecule has 0 heterocycles. The molecule has 0 saturated carbocycles. The molecule has 2 rings (SSSR count). The number of halogens is 1. The molecule has 0 aliphatic heterocycles. The molecule has 0 bridgehead atoms. The van der Waals surface area contributed by atoms with Gasteiger partial charge in [-0.2, -0.15) is 0 Å². The summed E-state index contributed by atoms with van der Waals surface area (Å²) in [6.45, 7) is 0.235. The van der Waals surface area contributed by atoms with E-state index in [0.717, 1.165) is 0 Å². The van der Waals surface area contributed by atoms with Gasteiger partial charge in [-0.1, -0.05) is 12.1 Å². The van der Waals surface area contributed by atoms with E-state index in [1.807, 2.05) is 12.1 Å². The second-order valence-corrected chi connectivity index (χ2v) is 4.57. The SMILES string of the molecule is CN(C(=O)CCOc1ccccc1N)c1ccc(F)cc1. The third kappa shape index (κ3) is 3.95. The monoisotopic (exact) mass is 288 g/mol. The number of nitrogens with two attached hydrogens (primary N) is 1. The van der Waals surface area contributed by atoms with Gasteiger partial charge >= 0.3 is 0 Å². The van der Waals surface area contributed by atoms with Crippen LogP contribution in [-0.4, -0.2) is 19.6 Å². The summed E-state index contributed by atoms with van der Waals surface area (Å²) >= 11 is 0. The second kappa shape index (κ2) is 6.74. The number of para-hydroxylation sites is 2. The van der Waals surface area contributed by atoms with Crippen LogP contribution < -0.4 is 15.4 Å². The zero-order chi connectivity index (χ0) is 15.2. The Morgan fingerprint density at radius 3 is 2.52 bits per heavy atom. The van der Waals surface area contributed by atoms with Crippen molar-refractivity contribution in [2.75, 3.05) is 24.3 Å². The molecule has 0 spiro atoms. The van der Waals surface area contributed by atoms with Crippen molar-refractivity contribution >= 4 is 17.3 Å². The third-order valence-corrected chi connectivity index (χ3v) is 3.08. The maximum absolute atomic E-state index is 12.8. The number of anilines is 2. The van der Waals surface area contributed by atoms with E-state index in [0.29, 0.717) is 17.1 Å². The average Bonchev–Trinajstić information content (AvgIpc) is 2.49. The summed E-state index contributed by atoms with van der Waals surface area (Å²) in [5.74, 6) is 0.119. The van der Waals surface area contributed by atoms with Crippen LogP contribution in [0, 0.1) is 5.82 Å². The smallest absolute Gasteiger partial charge is 0.230 e. The highest BCUT2D eigenvalue weighted by Crippen LogP contribution is 2.20. The van der Waals surface area contributed by atoms with Crippen LogP contribution >= 0.6 is 0 Å². The second-order valence-electron chi connectivity index (χ2n) is 4.57. The Labute approximate surface area is 122 Å². The lowest BCUT2D eigenvalue weighted by molar-refractivity contribution is -0.118. The lowest BCUT2D eigenvalue weighted by atomic mass is 10.2. The Morgan fingerprint density at radius 1 is 1.19 bits per heavy atom. The molecule has 0 aromatic heterocycles. The van der Waals surface area contributed by atoms with Gasteiger partial charge in [0, 0.05) is 12.7 Å². The number of carbonyl (C=O) groups excluding carboxylic acids is 1. The Balaban J connectivity index is 1.87. The molecule has 0 radical (unpaired) electrons. The van der Waals surface area contributed by atoms with Crippen molar-refractivity contribution < 1.29 is 13.9 Å². The van der Waals surface area contributed by atoms with Gasteiger partial charge in [0.15, 0.2) is 0 Å². The summed E-state index contributed by atoms with van der Waals surface area (Å²) in [5, 5.41) is 0. The minimum Gasteiger partial charge on any atom is -0.491 e. The molecule has 0 unspecified atom stereocenters.